The molecule has 0 amide bonds. The van der Waals surface area contributed by atoms with Gasteiger partial charge < -0.3 is 14.2 Å². The van der Waals surface area contributed by atoms with Crippen molar-refractivity contribution < 1.29 is 23.8 Å². The van der Waals surface area contributed by atoms with E-state index in [2.05, 4.69) is 0 Å². The van der Waals surface area contributed by atoms with E-state index in [0.29, 0.717) is 11.4 Å². The van der Waals surface area contributed by atoms with Crippen LogP contribution in [-0.2, 0) is 30.4 Å². The van der Waals surface area contributed by atoms with E-state index in [1.165, 1.54) is 5.57 Å². The van der Waals surface area contributed by atoms with Gasteiger partial charge in [0.2, 0.25) is 0 Å². The van der Waals surface area contributed by atoms with E-state index < -0.39 is 24.1 Å². The average Bonchev–Trinajstić information content (AvgIpc) is 2.83. The molecule has 3 rings (SSSR count). The zero-order valence-corrected chi connectivity index (χ0v) is 19.7. The largest absolute Gasteiger partial charge is 0.464 e. The summed E-state index contributed by atoms with van der Waals surface area (Å²) in [5.41, 5.74) is 4.21. The maximum Gasteiger partial charge on any atom is 0.335 e. The van der Waals surface area contributed by atoms with Gasteiger partial charge in [-0.3, -0.25) is 0 Å². The quantitative estimate of drug-likeness (QED) is 0.405. The monoisotopic (exact) mass is 468 g/mol. The van der Waals surface area contributed by atoms with Gasteiger partial charge in [0.15, 0.2) is 12.2 Å². The Balaban J connectivity index is 1.70. The Bertz CT molecular complexity index is 1010. The van der Waals surface area contributed by atoms with Crippen molar-refractivity contribution in [2.45, 2.75) is 51.9 Å². The number of allylic oxidation sites excluding steroid dienone is 3. The maximum atomic E-state index is 12.9. The van der Waals surface area contributed by atoms with Gasteiger partial charge in [0.25, 0.3) is 0 Å². The molecule has 0 spiro atoms. The molecule has 0 aliphatic heterocycles. The van der Waals surface area contributed by atoms with Crippen molar-refractivity contribution in [1.82, 2.24) is 0 Å². The van der Waals surface area contributed by atoms with E-state index in [1.54, 1.807) is 13.8 Å². The van der Waals surface area contributed by atoms with Crippen LogP contribution in [0.25, 0.3) is 5.57 Å². The molecular weight excluding hydrogens is 440 g/mol. The topological polar surface area (TPSA) is 61.8 Å². The normalized spacial score (nSPS) is 15.1. The first kappa shape index (κ1) is 24.7. The lowest BCUT2D eigenvalue weighted by atomic mass is 9.91. The highest BCUT2D eigenvalue weighted by Crippen LogP contribution is 2.30. The molecule has 33 heavy (non-hydrogen) atoms. The van der Waals surface area contributed by atoms with Crippen LogP contribution in [0.5, 0.6) is 0 Å². The summed E-state index contributed by atoms with van der Waals surface area (Å²) >= 11 is 6.12. The number of benzene rings is 2. The molecule has 0 bridgehead atoms. The number of carbonyl (C=O) groups is 2. The third kappa shape index (κ3) is 7.58. The molecule has 2 aromatic carbocycles. The van der Waals surface area contributed by atoms with Crippen molar-refractivity contribution in [3.63, 3.8) is 0 Å². The highest BCUT2D eigenvalue weighted by molar-refractivity contribution is 6.30. The van der Waals surface area contributed by atoms with Crippen LogP contribution in [0.1, 0.15) is 44.2 Å². The van der Waals surface area contributed by atoms with Gasteiger partial charge in [-0.25, -0.2) is 9.59 Å². The third-order valence-corrected chi connectivity index (χ3v) is 5.59. The highest BCUT2D eigenvalue weighted by atomic mass is 35.5. The number of halogens is 1. The van der Waals surface area contributed by atoms with Crippen molar-refractivity contribution >= 4 is 29.1 Å². The third-order valence-electron chi connectivity index (χ3n) is 5.35. The minimum atomic E-state index is -0.902. The van der Waals surface area contributed by atoms with Crippen LogP contribution in [0.2, 0.25) is 5.02 Å². The standard InChI is InChI=1S/C27H29ClO5/c1-3-31-26(29)19(2)33-25(27(30)32-18-21-8-5-4-6-9-21)16-20-12-14-22(15-13-20)23-10-7-11-24(28)17-23/h4-12,14,17,19,25H,3,13,15-16,18H2,1-2H3. The van der Waals surface area contributed by atoms with E-state index in [9.17, 15) is 9.59 Å². The van der Waals surface area contributed by atoms with Gasteiger partial charge in [-0.1, -0.05) is 71.8 Å². The second-order valence-corrected chi connectivity index (χ2v) is 8.28. The van der Waals surface area contributed by atoms with Gasteiger partial charge in [-0.05, 0) is 55.5 Å². The fourth-order valence-corrected chi connectivity index (χ4v) is 3.78. The van der Waals surface area contributed by atoms with E-state index in [1.807, 2.05) is 66.7 Å². The lowest BCUT2D eigenvalue weighted by Gasteiger charge is -2.23. The maximum absolute atomic E-state index is 12.9. The Morgan fingerprint density at radius 3 is 2.42 bits per heavy atom. The van der Waals surface area contributed by atoms with Crippen LogP contribution in [0, 0.1) is 0 Å². The summed E-state index contributed by atoms with van der Waals surface area (Å²) in [5, 5.41) is 0.700. The average molecular weight is 469 g/mol. The molecule has 0 saturated carbocycles. The molecule has 0 heterocycles. The molecule has 0 saturated heterocycles. The molecule has 2 aromatic rings. The fraction of sp³-hybridized carbons (Fsp3) is 0.333. The second kappa shape index (κ2) is 12.4. The first-order valence-corrected chi connectivity index (χ1v) is 11.5. The fourth-order valence-electron chi connectivity index (χ4n) is 3.59. The first-order chi connectivity index (χ1) is 16.0. The number of hydrogen-bond acceptors (Lipinski definition) is 5. The zero-order chi connectivity index (χ0) is 23.6. The summed E-state index contributed by atoms with van der Waals surface area (Å²) in [7, 11) is 0. The molecule has 5 nitrogen and oxygen atoms in total. The summed E-state index contributed by atoms with van der Waals surface area (Å²) < 4.78 is 16.3. The van der Waals surface area contributed by atoms with Gasteiger partial charge in [0.1, 0.15) is 6.61 Å². The minimum absolute atomic E-state index is 0.144. The van der Waals surface area contributed by atoms with Crippen molar-refractivity contribution in [1.29, 1.82) is 0 Å². The van der Waals surface area contributed by atoms with E-state index in [4.69, 9.17) is 25.8 Å². The molecule has 0 aromatic heterocycles. The van der Waals surface area contributed by atoms with Gasteiger partial charge in [-0.15, -0.1) is 0 Å². The zero-order valence-electron chi connectivity index (χ0n) is 19.0. The van der Waals surface area contributed by atoms with Crippen molar-refractivity contribution in [3.05, 3.63) is 88.5 Å². The Kier molecular flexibility index (Phi) is 9.28. The number of ether oxygens (including phenoxy) is 3. The first-order valence-electron chi connectivity index (χ1n) is 11.1. The Labute approximate surface area is 200 Å². The lowest BCUT2D eigenvalue weighted by Crippen LogP contribution is -2.35. The summed E-state index contributed by atoms with van der Waals surface area (Å²) in [6.45, 7) is 3.71. The van der Waals surface area contributed by atoms with Crippen molar-refractivity contribution in [3.8, 4) is 0 Å². The SMILES string of the molecule is CCOC(=O)C(C)OC(CC1=CC=C(c2cccc(Cl)c2)CC1)C(=O)OCc1ccccc1. The molecule has 174 valence electrons. The van der Waals surface area contributed by atoms with Crippen LogP contribution in [-0.4, -0.2) is 30.8 Å². The Hall–Kier alpha value is -2.89. The number of esters is 2. The van der Waals surface area contributed by atoms with E-state index in [0.717, 1.165) is 29.5 Å². The molecule has 2 atom stereocenters. The van der Waals surface area contributed by atoms with Crippen molar-refractivity contribution in [2.75, 3.05) is 6.61 Å². The molecular formula is C27H29ClO5. The smallest absolute Gasteiger partial charge is 0.335 e. The minimum Gasteiger partial charge on any atom is -0.464 e. The molecule has 1 aliphatic carbocycles. The van der Waals surface area contributed by atoms with Gasteiger partial charge >= 0.3 is 11.9 Å². The molecule has 1 aliphatic rings. The van der Waals surface area contributed by atoms with Crippen LogP contribution in [0.4, 0.5) is 0 Å². The van der Waals surface area contributed by atoms with E-state index >= 15 is 0 Å². The van der Waals surface area contributed by atoms with Crippen LogP contribution >= 0.6 is 11.6 Å². The Morgan fingerprint density at radius 2 is 1.76 bits per heavy atom. The highest BCUT2D eigenvalue weighted by Gasteiger charge is 2.28. The molecule has 6 heteroatoms. The summed E-state index contributed by atoms with van der Waals surface area (Å²) in [6, 6.07) is 17.2. The summed E-state index contributed by atoms with van der Waals surface area (Å²) in [6.07, 6.45) is 4.22. The molecule has 0 N–H and O–H groups in total. The molecule has 2 unspecified atom stereocenters. The number of rotatable bonds is 10. The lowest BCUT2D eigenvalue weighted by molar-refractivity contribution is -0.171. The molecule has 0 fully saturated rings. The number of hydrogen-bond donors (Lipinski definition) is 0. The predicted molar refractivity (Wildman–Crippen MR) is 129 cm³/mol. The predicted octanol–water partition coefficient (Wildman–Crippen LogP) is 5.91. The number of carbonyl (C=O) groups excluding carboxylic acids is 2. The van der Waals surface area contributed by atoms with Crippen LogP contribution in [0.3, 0.4) is 0 Å². The van der Waals surface area contributed by atoms with Gasteiger partial charge in [0.05, 0.1) is 6.61 Å². The van der Waals surface area contributed by atoms with E-state index in [-0.39, 0.29) is 13.2 Å². The summed E-state index contributed by atoms with van der Waals surface area (Å²) in [4.78, 5) is 24.9. The molecule has 0 radical (unpaired) electrons. The van der Waals surface area contributed by atoms with Gasteiger partial charge in [-0.2, -0.15) is 0 Å². The summed E-state index contributed by atoms with van der Waals surface area (Å²) in [5.74, 6) is -1.00. The second-order valence-electron chi connectivity index (χ2n) is 7.84. The van der Waals surface area contributed by atoms with Crippen LogP contribution in [0.15, 0.2) is 72.3 Å². The van der Waals surface area contributed by atoms with Crippen molar-refractivity contribution in [2.24, 2.45) is 0 Å². The Morgan fingerprint density at radius 1 is 0.970 bits per heavy atom. The van der Waals surface area contributed by atoms with Gasteiger partial charge in [0, 0.05) is 11.4 Å². The van der Waals surface area contributed by atoms with Crippen LogP contribution < -0.4 is 0 Å².